The Hall–Kier alpha value is -3.06. The molecule has 0 spiro atoms. The van der Waals surface area contributed by atoms with E-state index in [0.29, 0.717) is 30.2 Å². The van der Waals surface area contributed by atoms with E-state index in [-0.39, 0.29) is 6.04 Å². The first-order valence-electron chi connectivity index (χ1n) is 9.13. The van der Waals surface area contributed by atoms with Gasteiger partial charge in [-0.15, -0.1) is 0 Å². The van der Waals surface area contributed by atoms with Gasteiger partial charge in [-0.05, 0) is 43.3 Å². The van der Waals surface area contributed by atoms with Crippen molar-refractivity contribution in [1.82, 2.24) is 9.97 Å². The average Bonchev–Trinajstić information content (AvgIpc) is 2.72. The van der Waals surface area contributed by atoms with Gasteiger partial charge >= 0.3 is 0 Å². The van der Waals surface area contributed by atoms with Crippen LogP contribution in [0.1, 0.15) is 24.4 Å². The molecule has 28 heavy (non-hydrogen) atoms. The lowest BCUT2D eigenvalue weighted by Crippen LogP contribution is -2.12. The van der Waals surface area contributed by atoms with E-state index in [1.54, 1.807) is 21.3 Å². The molecule has 0 aliphatic rings. The number of rotatable bonds is 8. The van der Waals surface area contributed by atoms with Gasteiger partial charge in [0, 0.05) is 11.8 Å². The summed E-state index contributed by atoms with van der Waals surface area (Å²) in [6.07, 6.45) is 0.623. The van der Waals surface area contributed by atoms with Crippen LogP contribution in [-0.2, 0) is 6.42 Å². The molecule has 3 N–H and O–H groups in total. The van der Waals surface area contributed by atoms with Crippen molar-refractivity contribution in [2.24, 2.45) is 5.73 Å². The number of nitrogens with two attached hydrogens (primary N) is 1. The quantitative estimate of drug-likeness (QED) is 0.617. The van der Waals surface area contributed by atoms with Crippen molar-refractivity contribution in [3.05, 3.63) is 47.8 Å². The van der Waals surface area contributed by atoms with E-state index >= 15 is 0 Å². The zero-order valence-corrected chi connectivity index (χ0v) is 16.7. The van der Waals surface area contributed by atoms with E-state index in [0.717, 1.165) is 28.1 Å². The fourth-order valence-corrected chi connectivity index (χ4v) is 3.12. The Morgan fingerprint density at radius 2 is 1.68 bits per heavy atom. The molecule has 0 fully saturated rings. The van der Waals surface area contributed by atoms with Crippen LogP contribution in [0.25, 0.3) is 10.9 Å². The van der Waals surface area contributed by atoms with Gasteiger partial charge in [-0.3, -0.25) is 0 Å². The van der Waals surface area contributed by atoms with Crippen molar-refractivity contribution in [3.63, 3.8) is 0 Å². The third kappa shape index (κ3) is 3.94. The van der Waals surface area contributed by atoms with E-state index < -0.39 is 0 Å². The molecule has 1 heterocycles. The molecule has 2 aromatic carbocycles. The summed E-state index contributed by atoms with van der Waals surface area (Å²) in [6, 6.07) is 11.7. The third-order valence-corrected chi connectivity index (χ3v) is 4.56. The molecule has 7 nitrogen and oxygen atoms in total. The Bertz CT molecular complexity index is 937. The molecule has 0 radical (unpaired) electrons. The molecule has 3 aromatic rings. The normalized spacial score (nSPS) is 11.9. The molecule has 7 heteroatoms. The van der Waals surface area contributed by atoms with Crippen molar-refractivity contribution in [2.75, 3.05) is 33.2 Å². The minimum Gasteiger partial charge on any atom is -0.493 e. The Labute approximate surface area is 164 Å². The van der Waals surface area contributed by atoms with Crippen LogP contribution in [0.5, 0.6) is 17.2 Å². The largest absolute Gasteiger partial charge is 0.493 e. The molecule has 0 unspecified atom stereocenters. The van der Waals surface area contributed by atoms with Crippen LogP contribution in [0.3, 0.4) is 0 Å². The van der Waals surface area contributed by atoms with Crippen LogP contribution in [-0.4, -0.2) is 37.8 Å². The summed E-state index contributed by atoms with van der Waals surface area (Å²) >= 11 is 0. The number of nitrogens with zero attached hydrogens (tertiary/aromatic N) is 2. The third-order valence-electron chi connectivity index (χ3n) is 4.56. The van der Waals surface area contributed by atoms with E-state index in [2.05, 4.69) is 22.2 Å². The van der Waals surface area contributed by atoms with Gasteiger partial charge in [-0.1, -0.05) is 12.1 Å². The Kier molecular flexibility index (Phi) is 6.16. The fourth-order valence-electron chi connectivity index (χ4n) is 3.12. The molecule has 3 rings (SSSR count). The SMILES string of the molecule is COc1cc([C@@H](C)Nc2nc(CCN)nc3ccccc23)cc(OC)c1OC. The molecule has 1 aromatic heterocycles. The number of hydrogen-bond donors (Lipinski definition) is 2. The standard InChI is InChI=1S/C21H26N4O3/c1-13(14-11-17(26-2)20(28-4)18(12-14)27-3)23-21-15-7-5-6-8-16(15)24-19(25-21)9-10-22/h5-8,11-13H,9-10,22H2,1-4H3,(H,23,24,25)/t13-/m1/s1. The highest BCUT2D eigenvalue weighted by Crippen LogP contribution is 2.40. The van der Waals surface area contributed by atoms with Crippen LogP contribution in [0.2, 0.25) is 0 Å². The Morgan fingerprint density at radius 3 is 2.29 bits per heavy atom. The first kappa shape index (κ1) is 19.7. The van der Waals surface area contributed by atoms with E-state index in [9.17, 15) is 0 Å². The molecule has 0 saturated heterocycles. The maximum Gasteiger partial charge on any atom is 0.203 e. The highest BCUT2D eigenvalue weighted by Gasteiger charge is 2.18. The lowest BCUT2D eigenvalue weighted by atomic mass is 10.1. The zero-order chi connectivity index (χ0) is 20.1. The van der Waals surface area contributed by atoms with Crippen LogP contribution in [0, 0.1) is 0 Å². The summed E-state index contributed by atoms with van der Waals surface area (Å²) in [7, 11) is 4.81. The predicted molar refractivity (Wildman–Crippen MR) is 110 cm³/mol. The Balaban J connectivity index is 2.00. The average molecular weight is 382 g/mol. The van der Waals surface area contributed by atoms with Gasteiger partial charge in [0.2, 0.25) is 5.75 Å². The molecule has 0 saturated carbocycles. The summed E-state index contributed by atoms with van der Waals surface area (Å²) in [5.41, 5.74) is 7.57. The maximum atomic E-state index is 5.70. The summed E-state index contributed by atoms with van der Waals surface area (Å²) < 4.78 is 16.3. The first-order valence-corrected chi connectivity index (χ1v) is 9.13. The Morgan fingerprint density at radius 1 is 1.00 bits per heavy atom. The van der Waals surface area contributed by atoms with Crippen LogP contribution >= 0.6 is 0 Å². The molecule has 1 atom stereocenters. The summed E-state index contributed by atoms with van der Waals surface area (Å²) in [6.45, 7) is 2.56. The van der Waals surface area contributed by atoms with E-state index in [1.807, 2.05) is 36.4 Å². The minimum absolute atomic E-state index is 0.0576. The second-order valence-corrected chi connectivity index (χ2v) is 6.37. The van der Waals surface area contributed by atoms with Gasteiger partial charge in [0.05, 0.1) is 32.9 Å². The second-order valence-electron chi connectivity index (χ2n) is 6.37. The number of hydrogen-bond acceptors (Lipinski definition) is 7. The fraction of sp³-hybridized carbons (Fsp3) is 0.333. The lowest BCUT2D eigenvalue weighted by Gasteiger charge is -2.20. The highest BCUT2D eigenvalue weighted by molar-refractivity contribution is 5.89. The predicted octanol–water partition coefficient (Wildman–Crippen LogP) is 3.33. The van der Waals surface area contributed by atoms with Gasteiger partial charge in [0.15, 0.2) is 11.5 Å². The van der Waals surface area contributed by atoms with Crippen LogP contribution < -0.4 is 25.3 Å². The summed E-state index contributed by atoms with van der Waals surface area (Å²) in [4.78, 5) is 9.28. The van der Waals surface area contributed by atoms with Crippen molar-refractivity contribution in [2.45, 2.75) is 19.4 Å². The molecule has 0 amide bonds. The molecule has 0 aliphatic carbocycles. The second kappa shape index (κ2) is 8.75. The molecular weight excluding hydrogens is 356 g/mol. The lowest BCUT2D eigenvalue weighted by molar-refractivity contribution is 0.323. The van der Waals surface area contributed by atoms with Crippen molar-refractivity contribution in [1.29, 1.82) is 0 Å². The number of para-hydroxylation sites is 1. The number of ether oxygens (including phenoxy) is 3. The number of aromatic nitrogens is 2. The minimum atomic E-state index is -0.0576. The van der Waals surface area contributed by atoms with Crippen molar-refractivity contribution in [3.8, 4) is 17.2 Å². The number of fused-ring (bicyclic) bond motifs is 1. The number of anilines is 1. The van der Waals surface area contributed by atoms with Gasteiger partial charge < -0.3 is 25.3 Å². The van der Waals surface area contributed by atoms with Gasteiger partial charge in [0.25, 0.3) is 0 Å². The van der Waals surface area contributed by atoms with Crippen molar-refractivity contribution < 1.29 is 14.2 Å². The van der Waals surface area contributed by atoms with E-state index in [4.69, 9.17) is 19.9 Å². The highest BCUT2D eigenvalue weighted by atomic mass is 16.5. The first-order chi connectivity index (χ1) is 13.6. The number of nitrogens with one attached hydrogen (secondary N) is 1. The molecule has 0 bridgehead atoms. The molecule has 148 valence electrons. The van der Waals surface area contributed by atoms with E-state index in [1.165, 1.54) is 0 Å². The molecule has 0 aliphatic heterocycles. The maximum absolute atomic E-state index is 5.70. The van der Waals surface area contributed by atoms with Crippen molar-refractivity contribution >= 4 is 16.7 Å². The number of benzene rings is 2. The summed E-state index contributed by atoms with van der Waals surface area (Å²) in [5.74, 6) is 3.29. The number of methoxy groups -OCH3 is 3. The zero-order valence-electron chi connectivity index (χ0n) is 16.7. The van der Waals surface area contributed by atoms with Gasteiger partial charge in [0.1, 0.15) is 11.6 Å². The van der Waals surface area contributed by atoms with Crippen LogP contribution in [0.4, 0.5) is 5.82 Å². The summed E-state index contributed by atoms with van der Waals surface area (Å²) in [5, 5.41) is 4.46. The van der Waals surface area contributed by atoms with Gasteiger partial charge in [-0.25, -0.2) is 9.97 Å². The topological polar surface area (TPSA) is 91.5 Å². The molecular formula is C21H26N4O3. The smallest absolute Gasteiger partial charge is 0.203 e. The van der Waals surface area contributed by atoms with Gasteiger partial charge in [-0.2, -0.15) is 0 Å². The van der Waals surface area contributed by atoms with Crippen LogP contribution in [0.15, 0.2) is 36.4 Å². The monoisotopic (exact) mass is 382 g/mol.